The number of ether oxygens (including phenoxy) is 1. The number of rotatable bonds is 8. The molecule has 1 aliphatic heterocycles. The molecule has 3 aromatic rings. The SMILES string of the molecule is O=C1O[C@@H](CC2(OP(=O)(O)O)CC2)CN1c1ccc(-c2ccc(-c3nnn(C4CC4)n3)nc2)c(F)c1. The van der Waals surface area contributed by atoms with Gasteiger partial charge in [-0.2, -0.15) is 4.80 Å². The number of halogens is 1. The lowest BCUT2D eigenvalue weighted by molar-refractivity contribution is 0.0629. The van der Waals surface area contributed by atoms with Crippen LogP contribution in [0.4, 0.5) is 14.9 Å². The van der Waals surface area contributed by atoms with Crippen LogP contribution in [0.25, 0.3) is 22.6 Å². The fourth-order valence-electron chi connectivity index (χ4n) is 4.36. The zero-order valence-electron chi connectivity index (χ0n) is 18.9. The van der Waals surface area contributed by atoms with Gasteiger partial charge in [-0.1, -0.05) is 6.07 Å². The van der Waals surface area contributed by atoms with E-state index in [2.05, 4.69) is 20.4 Å². The number of tetrazole rings is 1. The highest BCUT2D eigenvalue weighted by molar-refractivity contribution is 7.46. The van der Waals surface area contributed by atoms with E-state index in [1.807, 2.05) is 0 Å². The molecule has 0 bridgehead atoms. The average molecular weight is 516 g/mol. The topological polar surface area (TPSA) is 153 Å². The minimum absolute atomic E-state index is 0.120. The van der Waals surface area contributed by atoms with Gasteiger partial charge < -0.3 is 14.5 Å². The third-order valence-corrected chi connectivity index (χ3v) is 7.09. The molecule has 3 fully saturated rings. The van der Waals surface area contributed by atoms with Crippen molar-refractivity contribution >= 4 is 19.6 Å². The Morgan fingerprint density at radius 1 is 1.22 bits per heavy atom. The maximum Gasteiger partial charge on any atom is 0.470 e. The molecule has 14 heteroatoms. The van der Waals surface area contributed by atoms with E-state index in [1.54, 1.807) is 29.1 Å². The summed E-state index contributed by atoms with van der Waals surface area (Å²) in [7, 11) is -4.65. The van der Waals surface area contributed by atoms with Crippen LogP contribution in [0.1, 0.15) is 38.1 Å². The first-order chi connectivity index (χ1) is 17.2. The maximum absolute atomic E-state index is 15.1. The lowest BCUT2D eigenvalue weighted by Gasteiger charge is -2.19. The van der Waals surface area contributed by atoms with Crippen LogP contribution in [0, 0.1) is 5.82 Å². The number of hydrogen-bond donors (Lipinski definition) is 2. The fraction of sp³-hybridized carbons (Fsp3) is 0.409. The predicted octanol–water partition coefficient (Wildman–Crippen LogP) is 3.23. The van der Waals surface area contributed by atoms with Crippen LogP contribution in [0.5, 0.6) is 0 Å². The highest BCUT2D eigenvalue weighted by Crippen LogP contribution is 2.55. The normalized spacial score (nSPS) is 21.0. The molecular weight excluding hydrogens is 494 g/mol. The number of phosphoric acid groups is 1. The number of nitrogens with zero attached hydrogens (tertiary/aromatic N) is 6. The number of carbonyl (C=O) groups is 1. The first-order valence-electron chi connectivity index (χ1n) is 11.5. The van der Waals surface area contributed by atoms with E-state index in [1.165, 1.54) is 17.2 Å². The van der Waals surface area contributed by atoms with Crippen molar-refractivity contribution in [2.24, 2.45) is 0 Å². The summed E-state index contributed by atoms with van der Waals surface area (Å²) in [6.45, 7) is 0.120. The average Bonchev–Trinajstić information content (AvgIpc) is 3.72. The van der Waals surface area contributed by atoms with Crippen molar-refractivity contribution in [2.75, 3.05) is 11.4 Å². The van der Waals surface area contributed by atoms with Gasteiger partial charge in [-0.05, 0) is 55.2 Å². The van der Waals surface area contributed by atoms with Gasteiger partial charge in [-0.15, -0.1) is 10.2 Å². The van der Waals surface area contributed by atoms with Gasteiger partial charge in [0.1, 0.15) is 17.6 Å². The minimum atomic E-state index is -4.65. The second kappa shape index (κ2) is 8.41. The van der Waals surface area contributed by atoms with Crippen LogP contribution in [0.15, 0.2) is 36.5 Å². The molecule has 12 nitrogen and oxygen atoms in total. The van der Waals surface area contributed by atoms with Crippen LogP contribution in [-0.4, -0.2) is 59.3 Å². The van der Waals surface area contributed by atoms with Gasteiger partial charge in [0.2, 0.25) is 5.82 Å². The monoisotopic (exact) mass is 516 g/mol. The van der Waals surface area contributed by atoms with E-state index in [9.17, 15) is 9.36 Å². The van der Waals surface area contributed by atoms with Crippen LogP contribution < -0.4 is 4.90 Å². The summed E-state index contributed by atoms with van der Waals surface area (Å²) in [4.78, 5) is 37.9. The molecule has 188 valence electrons. The van der Waals surface area contributed by atoms with Crippen LogP contribution in [-0.2, 0) is 13.8 Å². The molecule has 2 aromatic heterocycles. The van der Waals surface area contributed by atoms with Gasteiger partial charge in [0.15, 0.2) is 0 Å². The molecular formula is C22H22FN6O6P. The number of pyridine rings is 1. The van der Waals surface area contributed by atoms with Crippen LogP contribution >= 0.6 is 7.82 Å². The molecule has 0 radical (unpaired) electrons. The number of aromatic nitrogens is 5. The fourth-order valence-corrected chi connectivity index (χ4v) is 5.12. The number of hydrogen-bond acceptors (Lipinski definition) is 8. The molecule has 1 aromatic carbocycles. The zero-order valence-corrected chi connectivity index (χ0v) is 19.8. The Hall–Kier alpha value is -3.25. The van der Waals surface area contributed by atoms with Gasteiger partial charge in [0.25, 0.3) is 0 Å². The Bertz CT molecular complexity index is 1370. The second-order valence-corrected chi connectivity index (χ2v) is 10.5. The van der Waals surface area contributed by atoms with Crippen molar-refractivity contribution < 1.29 is 32.8 Å². The largest absolute Gasteiger partial charge is 0.470 e. The van der Waals surface area contributed by atoms with E-state index in [4.69, 9.17) is 19.0 Å². The first kappa shape index (κ1) is 23.2. The summed E-state index contributed by atoms with van der Waals surface area (Å²) < 4.78 is 36.5. The minimum Gasteiger partial charge on any atom is -0.444 e. The summed E-state index contributed by atoms with van der Waals surface area (Å²) in [6.07, 6.45) is 3.42. The molecule has 2 aliphatic carbocycles. The molecule has 3 heterocycles. The quantitative estimate of drug-likeness (QED) is 0.427. The van der Waals surface area contributed by atoms with Crippen LogP contribution in [0.3, 0.4) is 0 Å². The van der Waals surface area contributed by atoms with Crippen molar-refractivity contribution in [3.8, 4) is 22.6 Å². The Kier molecular flexibility index (Phi) is 5.41. The van der Waals surface area contributed by atoms with Gasteiger partial charge in [-0.3, -0.25) is 14.4 Å². The van der Waals surface area contributed by atoms with E-state index in [0.29, 0.717) is 47.2 Å². The van der Waals surface area contributed by atoms with Gasteiger partial charge in [-0.25, -0.2) is 13.8 Å². The summed E-state index contributed by atoms with van der Waals surface area (Å²) >= 11 is 0. The lowest BCUT2D eigenvalue weighted by atomic mass is 10.1. The molecule has 36 heavy (non-hydrogen) atoms. The number of carbonyl (C=O) groups excluding carboxylic acids is 1. The first-order valence-corrected chi connectivity index (χ1v) is 13.0. The summed E-state index contributed by atoms with van der Waals surface area (Å²) in [5.74, 6) is -0.134. The molecule has 2 N–H and O–H groups in total. The van der Waals surface area contributed by atoms with Crippen LogP contribution in [0.2, 0.25) is 0 Å². The number of benzene rings is 1. The molecule has 1 amide bonds. The highest BCUT2D eigenvalue weighted by atomic mass is 31.2. The number of cyclic esters (lactones) is 1. The van der Waals surface area contributed by atoms with E-state index < -0.39 is 31.4 Å². The maximum atomic E-state index is 15.1. The second-order valence-electron chi connectivity index (χ2n) is 9.35. The Balaban J connectivity index is 1.14. The predicted molar refractivity (Wildman–Crippen MR) is 122 cm³/mol. The molecule has 0 spiro atoms. The lowest BCUT2D eigenvalue weighted by Crippen LogP contribution is -2.27. The third kappa shape index (κ3) is 4.74. The standard InChI is InChI=1S/C22H22FN6O6P/c23-18-9-15(28-12-16(34-21(28)30)10-22(7-8-22)35-36(31,32)33)4-5-17(18)13-1-6-19(24-11-13)20-25-27-29(26-20)14-2-3-14/h1,4-6,9,11,14,16H,2-3,7-8,10,12H2,(H2,31,32,33)/t16-/m0/s1. The summed E-state index contributed by atoms with van der Waals surface area (Å²) in [5, 5.41) is 12.4. The highest BCUT2D eigenvalue weighted by Gasteiger charge is 2.52. The molecule has 0 unspecified atom stereocenters. The number of amides is 1. The molecule has 1 atom stereocenters. The Morgan fingerprint density at radius 2 is 2.03 bits per heavy atom. The summed E-state index contributed by atoms with van der Waals surface area (Å²) in [6, 6.07) is 8.14. The van der Waals surface area contributed by atoms with E-state index in [-0.39, 0.29) is 13.0 Å². The van der Waals surface area contributed by atoms with Gasteiger partial charge in [0.05, 0.1) is 23.9 Å². The van der Waals surface area contributed by atoms with Crippen molar-refractivity contribution in [1.82, 2.24) is 25.2 Å². The third-order valence-electron chi connectivity index (χ3n) is 6.46. The zero-order chi connectivity index (χ0) is 25.1. The van der Waals surface area contributed by atoms with Crippen molar-refractivity contribution in [2.45, 2.75) is 49.9 Å². The van der Waals surface area contributed by atoms with Crippen molar-refractivity contribution in [1.29, 1.82) is 0 Å². The number of anilines is 1. The van der Waals surface area contributed by atoms with Gasteiger partial charge >= 0.3 is 13.9 Å². The van der Waals surface area contributed by atoms with Crippen molar-refractivity contribution in [3.05, 3.63) is 42.3 Å². The Labute approximate surface area is 204 Å². The smallest absolute Gasteiger partial charge is 0.444 e. The Morgan fingerprint density at radius 3 is 2.67 bits per heavy atom. The molecule has 3 aliphatic rings. The van der Waals surface area contributed by atoms with E-state index >= 15 is 4.39 Å². The molecule has 2 saturated carbocycles. The molecule has 1 saturated heterocycles. The summed E-state index contributed by atoms with van der Waals surface area (Å²) in [5.41, 5.74) is 0.711. The van der Waals surface area contributed by atoms with Gasteiger partial charge in [0, 0.05) is 23.7 Å². The number of phosphoric ester groups is 1. The van der Waals surface area contributed by atoms with Crippen molar-refractivity contribution in [3.63, 3.8) is 0 Å². The molecule has 6 rings (SSSR count). The van der Waals surface area contributed by atoms with E-state index in [0.717, 1.165) is 12.8 Å².